The van der Waals surface area contributed by atoms with E-state index in [4.69, 9.17) is 0 Å². The molecule has 1 unspecified atom stereocenters. The maximum Gasteiger partial charge on any atom is 0.326 e. The maximum absolute atomic E-state index is 12.8. The Morgan fingerprint density at radius 1 is 0.833 bits per heavy atom. The Hall–Kier alpha value is -4.97. The van der Waals surface area contributed by atoms with Crippen molar-refractivity contribution in [1.29, 1.82) is 0 Å². The first-order chi connectivity index (χ1) is 20.1. The number of carboxylic acids is 1. The number of aryl methyl sites for hydroxylation is 1. The lowest BCUT2D eigenvalue weighted by atomic mass is 9.86. The molecule has 0 aliphatic heterocycles. The second kappa shape index (κ2) is 11.9. The molecule has 1 aromatic heterocycles. The minimum Gasteiger partial charge on any atom is -0.480 e. The Balaban J connectivity index is 1.29. The third-order valence-corrected chi connectivity index (χ3v) is 7.44. The van der Waals surface area contributed by atoms with Gasteiger partial charge in [-0.1, -0.05) is 105 Å². The smallest absolute Gasteiger partial charge is 0.326 e. The molecule has 212 valence electrons. The van der Waals surface area contributed by atoms with Gasteiger partial charge in [0.05, 0.1) is 11.9 Å². The molecule has 0 saturated carbocycles. The highest BCUT2D eigenvalue weighted by Gasteiger charge is 2.22. The maximum atomic E-state index is 12.8. The fourth-order valence-corrected chi connectivity index (χ4v) is 4.89. The third-order valence-electron chi connectivity index (χ3n) is 7.44. The summed E-state index contributed by atoms with van der Waals surface area (Å²) in [5.74, 6) is -1.48. The quantitative estimate of drug-likeness (QED) is 0.211. The van der Waals surface area contributed by atoms with Crippen LogP contribution < -0.4 is 5.32 Å². The van der Waals surface area contributed by atoms with E-state index in [1.54, 1.807) is 12.1 Å². The molecular formula is C36H35N3O3. The Bertz CT molecular complexity index is 1690. The van der Waals surface area contributed by atoms with Crippen molar-refractivity contribution in [3.63, 3.8) is 0 Å². The first-order valence-electron chi connectivity index (χ1n) is 14.0. The summed E-state index contributed by atoms with van der Waals surface area (Å²) in [6.07, 6.45) is 3.99. The molecular weight excluding hydrogens is 522 g/mol. The number of nitrogens with zero attached hydrogens (tertiary/aromatic N) is 2. The lowest BCUT2D eigenvalue weighted by Crippen LogP contribution is -2.42. The summed E-state index contributed by atoms with van der Waals surface area (Å²) in [4.78, 5) is 24.8. The van der Waals surface area contributed by atoms with Crippen molar-refractivity contribution in [2.24, 2.45) is 0 Å². The Kier molecular flexibility index (Phi) is 8.07. The molecule has 5 aromatic rings. The summed E-state index contributed by atoms with van der Waals surface area (Å²) in [6.45, 7) is 8.38. The molecule has 5 rings (SSSR count). The van der Waals surface area contributed by atoms with Gasteiger partial charge in [-0.05, 0) is 52.8 Å². The van der Waals surface area contributed by atoms with Gasteiger partial charge >= 0.3 is 5.97 Å². The van der Waals surface area contributed by atoms with E-state index in [-0.39, 0.29) is 11.8 Å². The minimum atomic E-state index is -1.08. The van der Waals surface area contributed by atoms with Crippen LogP contribution in [-0.4, -0.2) is 32.8 Å². The van der Waals surface area contributed by atoms with Gasteiger partial charge in [0.2, 0.25) is 0 Å². The van der Waals surface area contributed by atoms with Crippen molar-refractivity contribution in [2.45, 2.75) is 45.6 Å². The zero-order chi connectivity index (χ0) is 29.9. The number of amides is 1. The molecule has 4 aromatic carbocycles. The number of hydrogen-bond acceptors (Lipinski definition) is 3. The van der Waals surface area contributed by atoms with E-state index in [1.807, 2.05) is 71.7 Å². The first-order valence-corrected chi connectivity index (χ1v) is 14.0. The number of para-hydroxylation sites is 1. The van der Waals surface area contributed by atoms with E-state index in [2.05, 4.69) is 68.4 Å². The van der Waals surface area contributed by atoms with Crippen molar-refractivity contribution in [2.75, 3.05) is 0 Å². The molecule has 6 heteroatoms. The summed E-state index contributed by atoms with van der Waals surface area (Å²) >= 11 is 0. The van der Waals surface area contributed by atoms with E-state index in [0.29, 0.717) is 5.56 Å². The molecule has 42 heavy (non-hydrogen) atoms. The summed E-state index contributed by atoms with van der Waals surface area (Å²) < 4.78 is 1.88. The van der Waals surface area contributed by atoms with Crippen LogP contribution in [0.3, 0.4) is 0 Å². The third kappa shape index (κ3) is 6.50. The van der Waals surface area contributed by atoms with Gasteiger partial charge < -0.3 is 10.4 Å². The van der Waals surface area contributed by atoms with E-state index in [1.165, 1.54) is 5.56 Å². The number of benzene rings is 4. The number of carbonyl (C=O) groups excluding carboxylic acids is 1. The lowest BCUT2D eigenvalue weighted by Gasteiger charge is -2.19. The van der Waals surface area contributed by atoms with Crippen molar-refractivity contribution in [3.8, 4) is 27.9 Å². The Morgan fingerprint density at radius 3 is 2.12 bits per heavy atom. The summed E-state index contributed by atoms with van der Waals surface area (Å²) in [5, 5.41) is 17.1. The lowest BCUT2D eigenvalue weighted by molar-refractivity contribution is -0.139. The monoisotopic (exact) mass is 557 g/mol. The van der Waals surface area contributed by atoms with Crippen molar-refractivity contribution < 1.29 is 14.7 Å². The van der Waals surface area contributed by atoms with Gasteiger partial charge in [0.25, 0.3) is 5.91 Å². The summed E-state index contributed by atoms with van der Waals surface area (Å²) in [5.41, 5.74) is 8.65. The van der Waals surface area contributed by atoms with Gasteiger partial charge in [0, 0.05) is 29.3 Å². The second-order valence-electron chi connectivity index (χ2n) is 11.6. The fourth-order valence-electron chi connectivity index (χ4n) is 4.89. The molecule has 0 aliphatic carbocycles. The predicted octanol–water partition coefficient (Wildman–Crippen LogP) is 7.24. The zero-order valence-corrected chi connectivity index (χ0v) is 24.3. The number of aliphatic carboxylic acids is 1. The van der Waals surface area contributed by atoms with Crippen LogP contribution in [0.1, 0.15) is 47.8 Å². The van der Waals surface area contributed by atoms with Gasteiger partial charge in [-0.15, -0.1) is 0 Å². The van der Waals surface area contributed by atoms with Gasteiger partial charge in [0.15, 0.2) is 0 Å². The van der Waals surface area contributed by atoms with Gasteiger partial charge in [-0.25, -0.2) is 9.48 Å². The Labute approximate surface area is 246 Å². The average Bonchev–Trinajstić information content (AvgIpc) is 3.47. The topological polar surface area (TPSA) is 84.2 Å². The molecule has 1 amide bonds. The molecule has 0 bridgehead atoms. The highest BCUT2D eigenvalue weighted by atomic mass is 16.4. The molecule has 0 aliphatic rings. The number of carbonyl (C=O) groups is 2. The normalized spacial score (nSPS) is 12.1. The van der Waals surface area contributed by atoms with Crippen LogP contribution in [0.4, 0.5) is 0 Å². The minimum absolute atomic E-state index is 0.0324. The molecule has 0 radical (unpaired) electrons. The van der Waals surface area contributed by atoms with Crippen molar-refractivity contribution >= 4 is 11.9 Å². The van der Waals surface area contributed by atoms with Crippen LogP contribution >= 0.6 is 0 Å². The van der Waals surface area contributed by atoms with Crippen LogP contribution in [-0.2, 0) is 16.6 Å². The van der Waals surface area contributed by atoms with E-state index < -0.39 is 17.9 Å². The van der Waals surface area contributed by atoms with Crippen LogP contribution in [0.15, 0.2) is 109 Å². The van der Waals surface area contributed by atoms with E-state index in [9.17, 15) is 14.7 Å². The average molecular weight is 558 g/mol. The number of nitrogens with one attached hydrogen (secondary N) is 1. The molecule has 1 heterocycles. The van der Waals surface area contributed by atoms with Crippen molar-refractivity contribution in [3.05, 3.63) is 132 Å². The SMILES string of the molecule is Cc1ccc(-c2ccccc2-n2cc(-c3ccc(CC(NC(=O)c4ccc(C(C)(C)C)cc4)C(=O)O)cc3)cn2)cc1. The number of rotatable bonds is 8. The van der Waals surface area contributed by atoms with Gasteiger partial charge in [0.1, 0.15) is 6.04 Å². The number of hydrogen-bond donors (Lipinski definition) is 2. The van der Waals surface area contributed by atoms with Crippen LogP contribution in [0.25, 0.3) is 27.9 Å². The summed E-state index contributed by atoms with van der Waals surface area (Å²) in [7, 11) is 0. The van der Waals surface area contributed by atoms with Gasteiger partial charge in [-0.2, -0.15) is 5.10 Å². The Morgan fingerprint density at radius 2 is 1.48 bits per heavy atom. The molecule has 0 fully saturated rings. The zero-order valence-electron chi connectivity index (χ0n) is 24.3. The second-order valence-corrected chi connectivity index (χ2v) is 11.6. The highest BCUT2D eigenvalue weighted by molar-refractivity contribution is 5.96. The molecule has 6 nitrogen and oxygen atoms in total. The largest absolute Gasteiger partial charge is 0.480 e. The first kappa shape index (κ1) is 28.6. The predicted molar refractivity (Wildman–Crippen MR) is 167 cm³/mol. The number of aromatic nitrogens is 2. The van der Waals surface area contributed by atoms with Crippen LogP contribution in [0, 0.1) is 6.92 Å². The standard InChI is InChI=1S/C36H35N3O3/c1-24-9-13-27(14-10-24)31-7-5-6-8-33(31)39-23-29(22-37-39)26-15-11-25(12-16-26)21-32(35(41)42)38-34(40)28-17-19-30(20-18-28)36(2,3)4/h5-20,22-23,32H,21H2,1-4H3,(H,38,40)(H,41,42). The summed E-state index contributed by atoms with van der Waals surface area (Å²) in [6, 6.07) is 30.6. The van der Waals surface area contributed by atoms with Crippen LogP contribution in [0.5, 0.6) is 0 Å². The number of carboxylic acid groups (broad SMARTS) is 1. The van der Waals surface area contributed by atoms with Crippen LogP contribution in [0.2, 0.25) is 0 Å². The molecule has 0 saturated heterocycles. The highest BCUT2D eigenvalue weighted by Crippen LogP contribution is 2.29. The van der Waals surface area contributed by atoms with E-state index >= 15 is 0 Å². The molecule has 0 spiro atoms. The fraction of sp³-hybridized carbons (Fsp3) is 0.194. The molecule has 1 atom stereocenters. The van der Waals surface area contributed by atoms with Gasteiger partial charge in [-0.3, -0.25) is 4.79 Å². The van der Waals surface area contributed by atoms with E-state index in [0.717, 1.165) is 39.1 Å². The van der Waals surface area contributed by atoms with Crippen molar-refractivity contribution in [1.82, 2.24) is 15.1 Å². The molecule has 2 N–H and O–H groups in total.